The fraction of sp³-hybridized carbons (Fsp3) is 0.273. The van der Waals surface area contributed by atoms with Gasteiger partial charge in [-0.1, -0.05) is 29.8 Å². The minimum absolute atomic E-state index is 0.604. The lowest BCUT2D eigenvalue weighted by atomic mass is 10.2. The van der Waals surface area contributed by atoms with Gasteiger partial charge >= 0.3 is 0 Å². The van der Waals surface area contributed by atoms with Crippen LogP contribution >= 0.6 is 11.6 Å². The minimum Gasteiger partial charge on any atom is -0.493 e. The largest absolute Gasteiger partial charge is 0.493 e. The Balaban J connectivity index is 2.01. The van der Waals surface area contributed by atoms with Crippen molar-refractivity contribution in [1.82, 2.24) is 14.9 Å². The zero-order valence-electron chi connectivity index (χ0n) is 17.1. The first-order valence-corrected chi connectivity index (χ1v) is 9.64. The van der Waals surface area contributed by atoms with Crippen LogP contribution in [0.2, 0.25) is 5.02 Å². The van der Waals surface area contributed by atoms with E-state index in [1.165, 1.54) is 0 Å². The summed E-state index contributed by atoms with van der Waals surface area (Å²) in [6.45, 7) is 1.64. The molecule has 0 aliphatic rings. The summed E-state index contributed by atoms with van der Waals surface area (Å²) in [4.78, 5) is 11.5. The quantitative estimate of drug-likeness (QED) is 0.590. The maximum Gasteiger partial charge on any atom is 0.162 e. The number of hydrogen-bond donors (Lipinski definition) is 1. The topological polar surface area (TPSA) is 59.5 Å². The zero-order chi connectivity index (χ0) is 20.8. The second-order valence-electron chi connectivity index (χ2n) is 6.77. The van der Waals surface area contributed by atoms with Crippen LogP contribution in [-0.2, 0) is 0 Å². The highest BCUT2D eigenvalue weighted by Crippen LogP contribution is 2.34. The standard InChI is InChI=1S/C22H25ClN4O2/c1-27(2)12-11-24-22-17-13-19(28-3)20(29-4)14-18(17)25-21(26-22)10-7-15-5-8-16(23)9-6-15/h5-10,13-14H,11-12H2,1-4H3,(H,24,25,26)/b10-7+. The highest BCUT2D eigenvalue weighted by atomic mass is 35.5. The number of benzene rings is 2. The van der Waals surface area contributed by atoms with E-state index >= 15 is 0 Å². The van der Waals surface area contributed by atoms with E-state index in [9.17, 15) is 0 Å². The number of ether oxygens (including phenoxy) is 2. The molecular formula is C22H25ClN4O2. The third-order valence-electron chi connectivity index (χ3n) is 4.36. The first kappa shape index (κ1) is 20.9. The second-order valence-corrected chi connectivity index (χ2v) is 7.21. The summed E-state index contributed by atoms with van der Waals surface area (Å²) in [5.41, 5.74) is 1.80. The van der Waals surface area contributed by atoms with Gasteiger partial charge in [-0.25, -0.2) is 9.97 Å². The maximum atomic E-state index is 5.96. The Hall–Kier alpha value is -2.83. The minimum atomic E-state index is 0.604. The van der Waals surface area contributed by atoms with Crippen molar-refractivity contribution in [2.75, 3.05) is 46.7 Å². The summed E-state index contributed by atoms with van der Waals surface area (Å²) in [5.74, 6) is 2.63. The molecule has 0 saturated heterocycles. The van der Waals surface area contributed by atoms with Crippen molar-refractivity contribution in [3.63, 3.8) is 0 Å². The highest BCUT2D eigenvalue weighted by molar-refractivity contribution is 6.30. The Morgan fingerprint density at radius 2 is 1.69 bits per heavy atom. The number of fused-ring (bicyclic) bond motifs is 1. The van der Waals surface area contributed by atoms with Crippen molar-refractivity contribution in [2.45, 2.75) is 0 Å². The van der Waals surface area contributed by atoms with Crippen LogP contribution in [-0.4, -0.2) is 56.3 Å². The fourth-order valence-electron chi connectivity index (χ4n) is 2.83. The molecule has 0 bridgehead atoms. The lowest BCUT2D eigenvalue weighted by Gasteiger charge is -2.14. The van der Waals surface area contributed by atoms with Gasteiger partial charge in [0.15, 0.2) is 17.3 Å². The molecule has 0 saturated carbocycles. The Kier molecular flexibility index (Phi) is 6.90. The van der Waals surface area contributed by atoms with Crippen LogP contribution < -0.4 is 14.8 Å². The summed E-state index contributed by atoms with van der Waals surface area (Å²) in [6, 6.07) is 11.4. The smallest absolute Gasteiger partial charge is 0.162 e. The zero-order valence-corrected chi connectivity index (χ0v) is 17.8. The molecule has 2 aromatic carbocycles. The molecular weight excluding hydrogens is 388 g/mol. The van der Waals surface area contributed by atoms with E-state index in [1.807, 2.05) is 62.6 Å². The fourth-order valence-corrected chi connectivity index (χ4v) is 2.95. The van der Waals surface area contributed by atoms with E-state index in [4.69, 9.17) is 26.1 Å². The van der Waals surface area contributed by atoms with Gasteiger partial charge in [0.1, 0.15) is 5.82 Å². The molecule has 0 atom stereocenters. The van der Waals surface area contributed by atoms with E-state index in [0.717, 1.165) is 35.4 Å². The number of nitrogens with zero attached hydrogens (tertiary/aromatic N) is 3. The van der Waals surface area contributed by atoms with Gasteiger partial charge in [-0.15, -0.1) is 0 Å². The molecule has 0 fully saturated rings. The number of halogens is 1. The normalized spacial score (nSPS) is 11.4. The molecule has 1 heterocycles. The average molecular weight is 413 g/mol. The van der Waals surface area contributed by atoms with Crippen LogP contribution in [0.1, 0.15) is 11.4 Å². The number of nitrogens with one attached hydrogen (secondary N) is 1. The van der Waals surface area contributed by atoms with Crippen molar-refractivity contribution < 1.29 is 9.47 Å². The second kappa shape index (κ2) is 9.58. The molecule has 0 radical (unpaired) electrons. The van der Waals surface area contributed by atoms with E-state index in [2.05, 4.69) is 15.2 Å². The molecule has 7 heteroatoms. The first-order chi connectivity index (χ1) is 14.0. The van der Waals surface area contributed by atoms with Gasteiger partial charge in [0, 0.05) is 29.6 Å². The van der Waals surface area contributed by atoms with Gasteiger partial charge < -0.3 is 19.7 Å². The molecule has 1 aromatic heterocycles. The number of anilines is 1. The van der Waals surface area contributed by atoms with Crippen LogP contribution in [0.25, 0.3) is 23.1 Å². The molecule has 0 spiro atoms. The van der Waals surface area contributed by atoms with E-state index in [1.54, 1.807) is 14.2 Å². The van der Waals surface area contributed by atoms with Crippen molar-refractivity contribution in [2.24, 2.45) is 0 Å². The Morgan fingerprint density at radius 1 is 1.00 bits per heavy atom. The lowest BCUT2D eigenvalue weighted by Crippen LogP contribution is -2.21. The Labute approximate surface area is 176 Å². The van der Waals surface area contributed by atoms with E-state index < -0.39 is 0 Å². The third kappa shape index (κ3) is 5.37. The SMILES string of the molecule is COc1cc2nc(/C=C/c3ccc(Cl)cc3)nc(NCCN(C)C)c2cc1OC. The van der Waals surface area contributed by atoms with Crippen molar-refractivity contribution in [1.29, 1.82) is 0 Å². The van der Waals surface area contributed by atoms with E-state index in [0.29, 0.717) is 22.3 Å². The molecule has 0 unspecified atom stereocenters. The average Bonchev–Trinajstić information content (AvgIpc) is 2.72. The van der Waals surface area contributed by atoms with Gasteiger partial charge in [-0.05, 0) is 43.9 Å². The van der Waals surface area contributed by atoms with Gasteiger partial charge in [0.2, 0.25) is 0 Å². The maximum absolute atomic E-state index is 5.96. The molecule has 152 valence electrons. The number of methoxy groups -OCH3 is 2. The molecule has 0 amide bonds. The number of hydrogen-bond acceptors (Lipinski definition) is 6. The Bertz CT molecular complexity index is 1000. The number of rotatable bonds is 8. The number of likely N-dealkylation sites (N-methyl/N-ethyl adjacent to an activating group) is 1. The van der Waals surface area contributed by atoms with Crippen LogP contribution in [0, 0.1) is 0 Å². The summed E-state index contributed by atoms with van der Waals surface area (Å²) in [5, 5.41) is 5.00. The first-order valence-electron chi connectivity index (χ1n) is 9.26. The molecule has 6 nitrogen and oxygen atoms in total. The van der Waals surface area contributed by atoms with Gasteiger partial charge in [-0.2, -0.15) is 0 Å². The molecule has 0 aliphatic carbocycles. The van der Waals surface area contributed by atoms with Gasteiger partial charge in [-0.3, -0.25) is 0 Å². The van der Waals surface area contributed by atoms with Crippen LogP contribution in [0.4, 0.5) is 5.82 Å². The predicted octanol–water partition coefficient (Wildman–Crippen LogP) is 4.44. The summed E-state index contributed by atoms with van der Waals surface area (Å²) in [7, 11) is 7.30. The van der Waals surface area contributed by atoms with Crippen molar-refractivity contribution in [3.8, 4) is 11.5 Å². The van der Waals surface area contributed by atoms with Crippen LogP contribution in [0.3, 0.4) is 0 Å². The summed E-state index contributed by atoms with van der Waals surface area (Å²) < 4.78 is 10.9. The van der Waals surface area contributed by atoms with Crippen LogP contribution in [0.15, 0.2) is 36.4 Å². The Morgan fingerprint density at radius 3 is 2.34 bits per heavy atom. The molecule has 0 aliphatic heterocycles. The lowest BCUT2D eigenvalue weighted by molar-refractivity contribution is 0.356. The summed E-state index contributed by atoms with van der Waals surface area (Å²) >= 11 is 5.96. The van der Waals surface area contributed by atoms with Gasteiger partial charge in [0.25, 0.3) is 0 Å². The van der Waals surface area contributed by atoms with Crippen molar-refractivity contribution >= 4 is 40.5 Å². The molecule has 3 rings (SSSR count). The van der Waals surface area contributed by atoms with Crippen LogP contribution in [0.5, 0.6) is 11.5 Å². The predicted molar refractivity (Wildman–Crippen MR) is 120 cm³/mol. The van der Waals surface area contributed by atoms with Gasteiger partial charge in [0.05, 0.1) is 19.7 Å². The molecule has 29 heavy (non-hydrogen) atoms. The molecule has 1 N–H and O–H groups in total. The van der Waals surface area contributed by atoms with Crippen molar-refractivity contribution in [3.05, 3.63) is 52.8 Å². The monoisotopic (exact) mass is 412 g/mol. The van der Waals surface area contributed by atoms with E-state index in [-0.39, 0.29) is 0 Å². The number of aromatic nitrogens is 2. The highest BCUT2D eigenvalue weighted by Gasteiger charge is 2.12. The molecule has 3 aromatic rings. The summed E-state index contributed by atoms with van der Waals surface area (Å²) in [6.07, 6.45) is 3.85. The third-order valence-corrected chi connectivity index (χ3v) is 4.62.